The summed E-state index contributed by atoms with van der Waals surface area (Å²) in [5.74, 6) is -1.05. The number of hydrogen-bond acceptors (Lipinski definition) is 6. The maximum absolute atomic E-state index is 14.1. The molecular weight excluding hydrogens is 345 g/mol. The fraction of sp³-hybridized carbons (Fsp3) is 0.286. The summed E-state index contributed by atoms with van der Waals surface area (Å²) < 4.78 is 47.2. The van der Waals surface area contributed by atoms with Gasteiger partial charge in [-0.05, 0) is 5.56 Å². The molecule has 1 amide bonds. The van der Waals surface area contributed by atoms with E-state index in [1.807, 2.05) is 0 Å². The van der Waals surface area contributed by atoms with Gasteiger partial charge in [0, 0.05) is 13.3 Å². The summed E-state index contributed by atoms with van der Waals surface area (Å²) in [6.07, 6.45) is -5.40. The van der Waals surface area contributed by atoms with E-state index in [-0.39, 0.29) is 22.4 Å². The zero-order valence-electron chi connectivity index (χ0n) is 12.3. The number of nitrogens with zero attached hydrogens (tertiary/aromatic N) is 4. The maximum atomic E-state index is 14.1. The molecule has 1 aromatic carbocycles. The van der Waals surface area contributed by atoms with Crippen molar-refractivity contribution in [3.63, 3.8) is 0 Å². The topological polar surface area (TPSA) is 71.6 Å². The molecule has 0 aliphatic carbocycles. The summed E-state index contributed by atoms with van der Waals surface area (Å²) in [5.41, 5.74) is -2.85. The third kappa shape index (κ3) is 2.46. The van der Waals surface area contributed by atoms with E-state index in [9.17, 15) is 18.0 Å². The number of hydrogen-bond donors (Lipinski definition) is 1. The van der Waals surface area contributed by atoms with Crippen molar-refractivity contribution in [1.29, 1.82) is 0 Å². The number of alkyl halides is 3. The summed E-state index contributed by atoms with van der Waals surface area (Å²) in [6.45, 7) is 1.02. The number of carbonyl (C=O) groups excluding carboxylic acids is 1. The van der Waals surface area contributed by atoms with Gasteiger partial charge in [0.1, 0.15) is 5.71 Å². The second-order valence-corrected chi connectivity index (χ2v) is 5.55. The molecule has 1 aliphatic rings. The fourth-order valence-electron chi connectivity index (χ4n) is 2.67. The average Bonchev–Trinajstić information content (AvgIpc) is 3.12. The quantitative estimate of drug-likeness (QED) is 0.840. The molecule has 1 aromatic heterocycles. The van der Waals surface area contributed by atoms with Gasteiger partial charge in [-0.3, -0.25) is 4.79 Å². The molecule has 0 fully saturated rings. The molecule has 0 saturated carbocycles. The Kier molecular flexibility index (Phi) is 3.86. The highest BCUT2D eigenvalue weighted by molar-refractivity contribution is 7.80. The lowest BCUT2D eigenvalue weighted by Crippen LogP contribution is -2.53. The van der Waals surface area contributed by atoms with Crippen LogP contribution in [0.2, 0.25) is 0 Å². The zero-order chi connectivity index (χ0) is 17.5. The third-order valence-corrected chi connectivity index (χ3v) is 3.87. The molecule has 1 aliphatic heterocycles. The minimum absolute atomic E-state index is 0.0999. The van der Waals surface area contributed by atoms with Crippen LogP contribution in [0.5, 0.6) is 0 Å². The first-order valence-corrected chi connectivity index (χ1v) is 7.24. The summed E-state index contributed by atoms with van der Waals surface area (Å²) >= 11 is 3.83. The van der Waals surface area contributed by atoms with Crippen LogP contribution in [0, 0.1) is 0 Å². The number of aromatic nitrogens is 2. The van der Waals surface area contributed by atoms with Gasteiger partial charge in [-0.25, -0.2) is 5.01 Å². The Labute approximate surface area is 139 Å². The van der Waals surface area contributed by atoms with Crippen molar-refractivity contribution in [3.05, 3.63) is 41.8 Å². The van der Waals surface area contributed by atoms with Crippen LogP contribution in [-0.4, -0.2) is 33.0 Å². The highest BCUT2D eigenvalue weighted by Crippen LogP contribution is 2.50. The third-order valence-electron chi connectivity index (χ3n) is 3.69. The lowest BCUT2D eigenvalue weighted by Gasteiger charge is -2.37. The van der Waals surface area contributed by atoms with Crippen molar-refractivity contribution in [2.75, 3.05) is 0 Å². The Morgan fingerprint density at radius 3 is 2.46 bits per heavy atom. The molecule has 2 heterocycles. The predicted octanol–water partition coefficient (Wildman–Crippen LogP) is 2.77. The Bertz CT molecular complexity index is 806. The SMILES string of the molecule is CC(=O)N1N=C(c2nnc(S)o2)CC1(c1ccccc1)C(F)(F)F. The first kappa shape index (κ1) is 16.5. The molecule has 0 saturated heterocycles. The van der Waals surface area contributed by atoms with Gasteiger partial charge < -0.3 is 4.42 Å². The first-order valence-electron chi connectivity index (χ1n) is 6.79. The Hall–Kier alpha value is -2.36. The number of amides is 1. The molecule has 0 spiro atoms. The standard InChI is InChI=1S/C14H11F3N4O2S/c1-8(22)21-13(14(15,16)17,9-5-3-2-4-6-9)7-10(20-21)11-18-19-12(24)23-11/h2-6H,7H2,1H3,(H,19,24). The molecule has 10 heteroatoms. The molecule has 126 valence electrons. The van der Waals surface area contributed by atoms with Crippen LogP contribution >= 0.6 is 12.6 Å². The monoisotopic (exact) mass is 356 g/mol. The average molecular weight is 356 g/mol. The Morgan fingerprint density at radius 2 is 1.96 bits per heavy atom. The van der Waals surface area contributed by atoms with Gasteiger partial charge in [0.2, 0.25) is 5.91 Å². The van der Waals surface area contributed by atoms with E-state index >= 15 is 0 Å². The predicted molar refractivity (Wildman–Crippen MR) is 79.4 cm³/mol. The Morgan fingerprint density at radius 1 is 1.29 bits per heavy atom. The van der Waals surface area contributed by atoms with Crippen LogP contribution < -0.4 is 0 Å². The van der Waals surface area contributed by atoms with E-state index in [0.29, 0.717) is 5.01 Å². The van der Waals surface area contributed by atoms with Crippen molar-refractivity contribution in [3.8, 4) is 0 Å². The molecule has 6 nitrogen and oxygen atoms in total. The molecular formula is C14H11F3N4O2S. The van der Waals surface area contributed by atoms with Crippen molar-refractivity contribution in [2.24, 2.45) is 5.10 Å². The molecule has 1 unspecified atom stereocenters. The van der Waals surface area contributed by atoms with E-state index in [2.05, 4.69) is 27.9 Å². The first-order chi connectivity index (χ1) is 11.3. The van der Waals surface area contributed by atoms with E-state index in [4.69, 9.17) is 4.42 Å². The Balaban J connectivity index is 2.17. The van der Waals surface area contributed by atoms with Crippen molar-refractivity contribution >= 4 is 24.2 Å². The largest absolute Gasteiger partial charge is 0.418 e. The molecule has 1 atom stereocenters. The number of hydrazone groups is 1. The van der Waals surface area contributed by atoms with Gasteiger partial charge in [0.25, 0.3) is 11.1 Å². The summed E-state index contributed by atoms with van der Waals surface area (Å²) in [4.78, 5) is 11.9. The molecule has 0 N–H and O–H groups in total. The molecule has 24 heavy (non-hydrogen) atoms. The normalized spacial score (nSPS) is 21.0. The highest BCUT2D eigenvalue weighted by Gasteiger charge is 2.64. The second-order valence-electron chi connectivity index (χ2n) is 5.17. The molecule has 0 bridgehead atoms. The van der Waals surface area contributed by atoms with Gasteiger partial charge in [0.05, 0.1) is 0 Å². The van der Waals surface area contributed by atoms with Crippen molar-refractivity contribution in [2.45, 2.75) is 30.3 Å². The van der Waals surface area contributed by atoms with Gasteiger partial charge in [-0.15, -0.1) is 10.2 Å². The van der Waals surface area contributed by atoms with E-state index in [1.54, 1.807) is 6.07 Å². The van der Waals surface area contributed by atoms with Crippen LogP contribution in [0.1, 0.15) is 24.8 Å². The van der Waals surface area contributed by atoms with E-state index in [0.717, 1.165) is 6.92 Å². The number of carbonyl (C=O) groups is 1. The maximum Gasteiger partial charge on any atom is 0.418 e. The van der Waals surface area contributed by atoms with Crippen molar-refractivity contribution < 1.29 is 22.4 Å². The molecule has 2 aromatic rings. The highest BCUT2D eigenvalue weighted by atomic mass is 32.1. The fourth-order valence-corrected chi connectivity index (χ4v) is 2.80. The van der Waals surface area contributed by atoms with Gasteiger partial charge >= 0.3 is 6.18 Å². The van der Waals surface area contributed by atoms with Crippen LogP contribution in [0.15, 0.2) is 45.1 Å². The number of thiol groups is 1. The summed E-state index contributed by atoms with van der Waals surface area (Å²) in [5, 5.41) is 11.2. The van der Waals surface area contributed by atoms with Crippen LogP contribution in [0.4, 0.5) is 13.2 Å². The second kappa shape index (κ2) is 5.62. The van der Waals surface area contributed by atoms with Gasteiger partial charge in [-0.2, -0.15) is 18.3 Å². The molecule has 0 radical (unpaired) electrons. The lowest BCUT2D eigenvalue weighted by atomic mass is 9.84. The smallest absolute Gasteiger partial charge is 0.410 e. The summed E-state index contributed by atoms with van der Waals surface area (Å²) in [7, 11) is 0. The minimum atomic E-state index is -4.77. The molecule has 3 rings (SSSR count). The number of benzene rings is 1. The lowest BCUT2D eigenvalue weighted by molar-refractivity contribution is -0.231. The van der Waals surface area contributed by atoms with Gasteiger partial charge in [0.15, 0.2) is 5.54 Å². The number of halogens is 3. The van der Waals surface area contributed by atoms with Crippen molar-refractivity contribution in [1.82, 2.24) is 15.2 Å². The van der Waals surface area contributed by atoms with Crippen LogP contribution in [0.3, 0.4) is 0 Å². The van der Waals surface area contributed by atoms with Crippen LogP contribution in [-0.2, 0) is 10.3 Å². The van der Waals surface area contributed by atoms with Crippen LogP contribution in [0.25, 0.3) is 0 Å². The van der Waals surface area contributed by atoms with E-state index in [1.165, 1.54) is 24.3 Å². The zero-order valence-corrected chi connectivity index (χ0v) is 13.2. The summed E-state index contributed by atoms with van der Waals surface area (Å²) in [6, 6.07) is 7.14. The van der Waals surface area contributed by atoms with E-state index < -0.39 is 24.0 Å². The van der Waals surface area contributed by atoms with Gasteiger partial charge in [-0.1, -0.05) is 43.0 Å². The minimum Gasteiger partial charge on any atom is -0.410 e. The number of rotatable bonds is 2.